The van der Waals surface area contributed by atoms with Gasteiger partial charge in [0.25, 0.3) is 0 Å². The molecule has 1 atom stereocenters. The van der Waals surface area contributed by atoms with Crippen molar-refractivity contribution in [2.24, 2.45) is 0 Å². The van der Waals surface area contributed by atoms with Gasteiger partial charge in [-0.25, -0.2) is 0 Å². The van der Waals surface area contributed by atoms with Crippen LogP contribution >= 0.6 is 0 Å². The number of para-hydroxylation sites is 1. The molecule has 1 heterocycles. The summed E-state index contributed by atoms with van der Waals surface area (Å²) >= 11 is 0. The van der Waals surface area contributed by atoms with Crippen molar-refractivity contribution < 1.29 is 14.3 Å². The Bertz CT molecular complexity index is 378. The number of ether oxygens (including phenoxy) is 2. The second kappa shape index (κ2) is 4.99. The molecule has 1 unspecified atom stereocenters. The molecule has 1 N–H and O–H groups in total. The summed E-state index contributed by atoms with van der Waals surface area (Å²) in [6, 6.07) is 7.81. The lowest BCUT2D eigenvalue weighted by Crippen LogP contribution is -2.34. The van der Waals surface area contributed by atoms with E-state index in [4.69, 9.17) is 9.47 Å². The lowest BCUT2D eigenvalue weighted by atomic mass is 10.0. The van der Waals surface area contributed by atoms with Crippen LogP contribution < -0.4 is 10.1 Å². The largest absolute Gasteiger partial charge is 0.493 e. The summed E-state index contributed by atoms with van der Waals surface area (Å²) in [5.74, 6) is 0.765. The molecule has 1 aliphatic rings. The maximum absolute atomic E-state index is 11.4. The zero-order valence-corrected chi connectivity index (χ0v) is 9.23. The zero-order chi connectivity index (χ0) is 11.4. The Hall–Kier alpha value is -1.55. The molecule has 86 valence electrons. The number of hydrogen-bond acceptors (Lipinski definition) is 3. The van der Waals surface area contributed by atoms with Crippen LogP contribution in [0.25, 0.3) is 0 Å². The van der Waals surface area contributed by atoms with Gasteiger partial charge in [0.05, 0.1) is 12.6 Å². The average Bonchev–Trinajstić information content (AvgIpc) is 2.30. The first-order valence-corrected chi connectivity index (χ1v) is 5.31. The first kappa shape index (κ1) is 11.0. The normalized spacial score (nSPS) is 18.4. The minimum atomic E-state index is -0.0933. The van der Waals surface area contributed by atoms with Gasteiger partial charge >= 0.3 is 0 Å². The van der Waals surface area contributed by atoms with Gasteiger partial charge < -0.3 is 14.8 Å². The Morgan fingerprint density at radius 1 is 1.56 bits per heavy atom. The SMILES string of the molecule is COCC(=O)NC1CCOc2ccccc21. The number of benzene rings is 1. The van der Waals surface area contributed by atoms with Gasteiger partial charge in [-0.1, -0.05) is 18.2 Å². The third kappa shape index (κ3) is 2.33. The van der Waals surface area contributed by atoms with Crippen molar-refractivity contribution in [2.75, 3.05) is 20.3 Å². The second-order valence-electron chi connectivity index (χ2n) is 3.73. The highest BCUT2D eigenvalue weighted by molar-refractivity contribution is 5.77. The standard InChI is InChI=1S/C12H15NO3/c1-15-8-12(14)13-10-6-7-16-11-5-3-2-4-9(10)11/h2-5,10H,6-8H2,1H3,(H,13,14). The molecule has 1 aromatic carbocycles. The molecule has 0 radical (unpaired) electrons. The zero-order valence-electron chi connectivity index (χ0n) is 9.23. The van der Waals surface area contributed by atoms with E-state index in [0.717, 1.165) is 17.7 Å². The Morgan fingerprint density at radius 3 is 3.19 bits per heavy atom. The average molecular weight is 221 g/mol. The van der Waals surface area contributed by atoms with Crippen LogP contribution in [0.2, 0.25) is 0 Å². The molecule has 0 saturated carbocycles. The number of fused-ring (bicyclic) bond motifs is 1. The maximum atomic E-state index is 11.4. The number of nitrogens with one attached hydrogen (secondary N) is 1. The van der Waals surface area contributed by atoms with Crippen molar-refractivity contribution in [1.82, 2.24) is 5.32 Å². The van der Waals surface area contributed by atoms with Crippen molar-refractivity contribution >= 4 is 5.91 Å². The molecule has 1 amide bonds. The highest BCUT2D eigenvalue weighted by atomic mass is 16.5. The number of carbonyl (C=O) groups is 1. The molecule has 0 fully saturated rings. The first-order valence-electron chi connectivity index (χ1n) is 5.31. The third-order valence-corrected chi connectivity index (χ3v) is 2.57. The van der Waals surface area contributed by atoms with Gasteiger partial charge in [0.15, 0.2) is 0 Å². The Labute approximate surface area is 94.6 Å². The second-order valence-corrected chi connectivity index (χ2v) is 3.73. The van der Waals surface area contributed by atoms with E-state index in [1.54, 1.807) is 0 Å². The predicted molar refractivity (Wildman–Crippen MR) is 59.3 cm³/mol. The van der Waals surface area contributed by atoms with Crippen molar-refractivity contribution in [3.05, 3.63) is 29.8 Å². The fourth-order valence-corrected chi connectivity index (χ4v) is 1.86. The van der Waals surface area contributed by atoms with Gasteiger partial charge in [-0.2, -0.15) is 0 Å². The van der Waals surface area contributed by atoms with Gasteiger partial charge in [-0.05, 0) is 6.07 Å². The molecule has 1 aliphatic heterocycles. The van der Waals surface area contributed by atoms with Crippen LogP contribution in [0.4, 0.5) is 0 Å². The van der Waals surface area contributed by atoms with E-state index < -0.39 is 0 Å². The van der Waals surface area contributed by atoms with Crippen LogP contribution in [0.15, 0.2) is 24.3 Å². The molecule has 0 aromatic heterocycles. The fraction of sp³-hybridized carbons (Fsp3) is 0.417. The van der Waals surface area contributed by atoms with Crippen LogP contribution in [0.5, 0.6) is 5.75 Å². The molecular formula is C12H15NO3. The highest BCUT2D eigenvalue weighted by Gasteiger charge is 2.22. The maximum Gasteiger partial charge on any atom is 0.246 e. The molecule has 0 aliphatic carbocycles. The Balaban J connectivity index is 2.10. The number of hydrogen-bond donors (Lipinski definition) is 1. The molecule has 0 spiro atoms. The van der Waals surface area contributed by atoms with Crippen molar-refractivity contribution in [3.63, 3.8) is 0 Å². The molecule has 0 bridgehead atoms. The highest BCUT2D eigenvalue weighted by Crippen LogP contribution is 2.31. The first-order chi connectivity index (χ1) is 7.81. The van der Waals surface area contributed by atoms with Crippen LogP contribution in [0.3, 0.4) is 0 Å². The van der Waals surface area contributed by atoms with Crippen LogP contribution in [-0.2, 0) is 9.53 Å². The third-order valence-electron chi connectivity index (χ3n) is 2.57. The summed E-state index contributed by atoms with van der Waals surface area (Å²) < 4.78 is 10.3. The van der Waals surface area contributed by atoms with E-state index in [0.29, 0.717) is 6.61 Å². The van der Waals surface area contributed by atoms with E-state index in [9.17, 15) is 4.79 Å². The molecule has 4 nitrogen and oxygen atoms in total. The van der Waals surface area contributed by atoms with Crippen LogP contribution in [0.1, 0.15) is 18.0 Å². The number of amides is 1. The topological polar surface area (TPSA) is 47.6 Å². The van der Waals surface area contributed by atoms with Crippen molar-refractivity contribution in [1.29, 1.82) is 0 Å². The van der Waals surface area contributed by atoms with Gasteiger partial charge in [-0.15, -0.1) is 0 Å². The minimum absolute atomic E-state index is 0.0348. The number of methoxy groups -OCH3 is 1. The van der Waals surface area contributed by atoms with Crippen molar-refractivity contribution in [3.8, 4) is 5.75 Å². The van der Waals surface area contributed by atoms with Crippen molar-refractivity contribution in [2.45, 2.75) is 12.5 Å². The molecule has 0 saturated heterocycles. The van der Waals surface area contributed by atoms with E-state index in [2.05, 4.69) is 5.32 Å². The lowest BCUT2D eigenvalue weighted by molar-refractivity contribution is -0.125. The van der Waals surface area contributed by atoms with Gasteiger partial charge in [-0.3, -0.25) is 4.79 Å². The fourth-order valence-electron chi connectivity index (χ4n) is 1.86. The quantitative estimate of drug-likeness (QED) is 0.836. The van der Waals surface area contributed by atoms with E-state index in [-0.39, 0.29) is 18.6 Å². The van der Waals surface area contributed by atoms with Gasteiger partial charge in [0.2, 0.25) is 5.91 Å². The molecule has 4 heteroatoms. The van der Waals surface area contributed by atoms with Gasteiger partial charge in [0, 0.05) is 19.1 Å². The van der Waals surface area contributed by atoms with E-state index >= 15 is 0 Å². The minimum Gasteiger partial charge on any atom is -0.493 e. The van der Waals surface area contributed by atoms with Crippen LogP contribution in [-0.4, -0.2) is 26.2 Å². The predicted octanol–water partition coefficient (Wildman–Crippen LogP) is 1.27. The lowest BCUT2D eigenvalue weighted by Gasteiger charge is -2.26. The summed E-state index contributed by atoms with van der Waals surface area (Å²) in [4.78, 5) is 11.4. The molecule has 16 heavy (non-hydrogen) atoms. The summed E-state index contributed by atoms with van der Waals surface area (Å²) in [5.41, 5.74) is 1.04. The monoisotopic (exact) mass is 221 g/mol. The molecular weight excluding hydrogens is 206 g/mol. The molecule has 2 rings (SSSR count). The van der Waals surface area contributed by atoms with Gasteiger partial charge in [0.1, 0.15) is 12.4 Å². The summed E-state index contributed by atoms with van der Waals surface area (Å²) in [5, 5.41) is 2.93. The van der Waals surface area contributed by atoms with Crippen LogP contribution in [0, 0.1) is 0 Å². The number of carbonyl (C=O) groups excluding carboxylic acids is 1. The smallest absolute Gasteiger partial charge is 0.246 e. The summed E-state index contributed by atoms with van der Waals surface area (Å²) in [7, 11) is 1.51. The van der Waals surface area contributed by atoms with E-state index in [1.165, 1.54) is 7.11 Å². The Kier molecular flexibility index (Phi) is 3.41. The summed E-state index contributed by atoms with van der Waals surface area (Å²) in [6.07, 6.45) is 0.798. The number of rotatable bonds is 3. The van der Waals surface area contributed by atoms with E-state index in [1.807, 2.05) is 24.3 Å². The molecule has 1 aromatic rings. The Morgan fingerprint density at radius 2 is 2.38 bits per heavy atom. The summed E-state index contributed by atoms with van der Waals surface area (Å²) in [6.45, 7) is 0.731.